The second-order valence-electron chi connectivity index (χ2n) is 4.89. The SMILES string of the molecule is Cn1ccc2cc(C3NCCCC3O)ccc21. The van der Waals surface area contributed by atoms with Gasteiger partial charge in [0.2, 0.25) is 0 Å². The summed E-state index contributed by atoms with van der Waals surface area (Å²) in [5.74, 6) is 0. The van der Waals surface area contributed by atoms with Gasteiger partial charge in [0.15, 0.2) is 0 Å². The molecule has 90 valence electrons. The molecule has 1 aromatic carbocycles. The van der Waals surface area contributed by atoms with Crippen molar-refractivity contribution in [2.45, 2.75) is 25.0 Å². The summed E-state index contributed by atoms with van der Waals surface area (Å²) in [6, 6.07) is 8.64. The average molecular weight is 230 g/mol. The number of aromatic nitrogens is 1. The Morgan fingerprint density at radius 2 is 2.24 bits per heavy atom. The van der Waals surface area contributed by atoms with Gasteiger partial charge in [-0.25, -0.2) is 0 Å². The minimum atomic E-state index is -0.259. The Morgan fingerprint density at radius 1 is 1.35 bits per heavy atom. The number of rotatable bonds is 1. The Labute approximate surface area is 101 Å². The molecule has 0 bridgehead atoms. The topological polar surface area (TPSA) is 37.2 Å². The predicted molar refractivity (Wildman–Crippen MR) is 68.9 cm³/mol. The number of nitrogens with zero attached hydrogens (tertiary/aromatic N) is 1. The lowest BCUT2D eigenvalue weighted by Crippen LogP contribution is -2.37. The second-order valence-corrected chi connectivity index (χ2v) is 4.89. The van der Waals surface area contributed by atoms with Gasteiger partial charge in [0.25, 0.3) is 0 Å². The number of hydrogen-bond acceptors (Lipinski definition) is 2. The van der Waals surface area contributed by atoms with Crippen molar-refractivity contribution in [1.29, 1.82) is 0 Å². The first kappa shape index (κ1) is 10.8. The minimum Gasteiger partial charge on any atom is -0.391 e. The zero-order valence-corrected chi connectivity index (χ0v) is 10.1. The molecule has 2 N–H and O–H groups in total. The van der Waals surface area contributed by atoms with Gasteiger partial charge in [-0.15, -0.1) is 0 Å². The van der Waals surface area contributed by atoms with Crippen molar-refractivity contribution in [1.82, 2.24) is 9.88 Å². The number of nitrogens with one attached hydrogen (secondary N) is 1. The molecule has 2 unspecified atom stereocenters. The van der Waals surface area contributed by atoms with E-state index in [1.165, 1.54) is 16.5 Å². The molecule has 0 spiro atoms. The number of hydrogen-bond donors (Lipinski definition) is 2. The van der Waals surface area contributed by atoms with E-state index in [9.17, 15) is 5.11 Å². The van der Waals surface area contributed by atoms with Crippen molar-refractivity contribution in [3.63, 3.8) is 0 Å². The molecule has 17 heavy (non-hydrogen) atoms. The van der Waals surface area contributed by atoms with E-state index in [0.717, 1.165) is 19.4 Å². The van der Waals surface area contributed by atoms with Gasteiger partial charge < -0.3 is 15.0 Å². The zero-order chi connectivity index (χ0) is 11.8. The smallest absolute Gasteiger partial charge is 0.0735 e. The average Bonchev–Trinajstić information content (AvgIpc) is 2.71. The van der Waals surface area contributed by atoms with Crippen molar-refractivity contribution in [2.75, 3.05) is 6.54 Å². The van der Waals surface area contributed by atoms with E-state index in [0.29, 0.717) is 0 Å². The summed E-state index contributed by atoms with van der Waals surface area (Å²) >= 11 is 0. The molecular weight excluding hydrogens is 212 g/mol. The second kappa shape index (κ2) is 4.17. The van der Waals surface area contributed by atoms with Crippen LogP contribution >= 0.6 is 0 Å². The van der Waals surface area contributed by atoms with Crippen molar-refractivity contribution in [3.05, 3.63) is 36.0 Å². The summed E-state index contributed by atoms with van der Waals surface area (Å²) in [6.45, 7) is 0.995. The Bertz CT molecular complexity index is 532. The van der Waals surface area contributed by atoms with E-state index in [-0.39, 0.29) is 12.1 Å². The maximum absolute atomic E-state index is 10.0. The van der Waals surface area contributed by atoms with Gasteiger partial charge in [-0.3, -0.25) is 0 Å². The Hall–Kier alpha value is -1.32. The molecule has 0 aliphatic carbocycles. The lowest BCUT2D eigenvalue weighted by molar-refractivity contribution is 0.0966. The van der Waals surface area contributed by atoms with Crippen molar-refractivity contribution >= 4 is 10.9 Å². The fourth-order valence-corrected chi connectivity index (χ4v) is 2.71. The first-order valence-electron chi connectivity index (χ1n) is 6.22. The van der Waals surface area contributed by atoms with Crippen LogP contribution in [0.25, 0.3) is 10.9 Å². The van der Waals surface area contributed by atoms with Crippen LogP contribution in [0.1, 0.15) is 24.4 Å². The summed E-state index contributed by atoms with van der Waals surface area (Å²) in [6.07, 6.45) is 3.76. The summed E-state index contributed by atoms with van der Waals surface area (Å²) in [5, 5.41) is 14.7. The Morgan fingerprint density at radius 3 is 3.06 bits per heavy atom. The number of aliphatic hydroxyl groups is 1. The molecule has 3 heteroatoms. The predicted octanol–water partition coefficient (Wildman–Crippen LogP) is 1.96. The number of piperidine rings is 1. The molecule has 3 rings (SSSR count). The van der Waals surface area contributed by atoms with Gasteiger partial charge in [-0.2, -0.15) is 0 Å². The maximum atomic E-state index is 10.0. The maximum Gasteiger partial charge on any atom is 0.0735 e. The first-order chi connectivity index (χ1) is 8.25. The number of benzene rings is 1. The van der Waals surface area contributed by atoms with Crippen molar-refractivity contribution < 1.29 is 5.11 Å². The highest BCUT2D eigenvalue weighted by molar-refractivity contribution is 5.80. The highest BCUT2D eigenvalue weighted by atomic mass is 16.3. The molecule has 1 fully saturated rings. The summed E-state index contributed by atoms with van der Waals surface area (Å²) in [7, 11) is 2.05. The van der Waals surface area contributed by atoms with Crippen LogP contribution in [-0.4, -0.2) is 22.3 Å². The molecule has 1 aromatic heterocycles. The van der Waals surface area contributed by atoms with Crippen molar-refractivity contribution in [3.8, 4) is 0 Å². The van der Waals surface area contributed by atoms with Crippen LogP contribution < -0.4 is 5.32 Å². The largest absolute Gasteiger partial charge is 0.391 e. The van der Waals surface area contributed by atoms with E-state index < -0.39 is 0 Å². The third-order valence-corrected chi connectivity index (χ3v) is 3.69. The normalized spacial score (nSPS) is 25.3. The lowest BCUT2D eigenvalue weighted by atomic mass is 9.94. The highest BCUT2D eigenvalue weighted by Gasteiger charge is 2.24. The molecule has 0 saturated carbocycles. The van der Waals surface area contributed by atoms with E-state index >= 15 is 0 Å². The van der Waals surface area contributed by atoms with Crippen LogP contribution in [0.5, 0.6) is 0 Å². The summed E-state index contributed by atoms with van der Waals surface area (Å²) < 4.78 is 2.11. The van der Waals surface area contributed by atoms with E-state index in [4.69, 9.17) is 0 Å². The molecule has 1 aliphatic rings. The van der Waals surface area contributed by atoms with E-state index in [1.54, 1.807) is 0 Å². The molecule has 0 amide bonds. The molecule has 3 nitrogen and oxygen atoms in total. The third-order valence-electron chi connectivity index (χ3n) is 3.69. The van der Waals surface area contributed by atoms with E-state index in [2.05, 4.69) is 47.4 Å². The number of aryl methyl sites for hydroxylation is 1. The van der Waals surface area contributed by atoms with Crippen molar-refractivity contribution in [2.24, 2.45) is 7.05 Å². The molecule has 1 saturated heterocycles. The van der Waals surface area contributed by atoms with Crippen LogP contribution in [0.4, 0.5) is 0 Å². The fraction of sp³-hybridized carbons (Fsp3) is 0.429. The Balaban J connectivity index is 1.99. The third kappa shape index (κ3) is 1.85. The first-order valence-corrected chi connectivity index (χ1v) is 6.22. The molecule has 2 heterocycles. The van der Waals surface area contributed by atoms with Gasteiger partial charge in [-0.05, 0) is 48.5 Å². The molecular formula is C14H18N2O. The standard InChI is InChI=1S/C14H18N2O/c1-16-8-6-10-9-11(4-5-12(10)16)14-13(17)3-2-7-15-14/h4-6,8-9,13-15,17H,2-3,7H2,1H3. The van der Waals surface area contributed by atoms with Crippen LogP contribution in [0.15, 0.2) is 30.5 Å². The zero-order valence-electron chi connectivity index (χ0n) is 10.1. The van der Waals surface area contributed by atoms with Crippen LogP contribution in [0.3, 0.4) is 0 Å². The quantitative estimate of drug-likeness (QED) is 0.786. The van der Waals surface area contributed by atoms with Gasteiger partial charge >= 0.3 is 0 Å². The lowest BCUT2D eigenvalue weighted by Gasteiger charge is -2.29. The minimum absolute atomic E-state index is 0.0911. The fourth-order valence-electron chi connectivity index (χ4n) is 2.71. The monoisotopic (exact) mass is 230 g/mol. The van der Waals surface area contributed by atoms with Gasteiger partial charge in [-0.1, -0.05) is 6.07 Å². The van der Waals surface area contributed by atoms with E-state index in [1.807, 2.05) is 0 Å². The van der Waals surface area contributed by atoms with Gasteiger partial charge in [0, 0.05) is 18.8 Å². The van der Waals surface area contributed by atoms with Crippen LogP contribution in [-0.2, 0) is 7.05 Å². The highest BCUT2D eigenvalue weighted by Crippen LogP contribution is 2.26. The number of aliphatic hydroxyl groups excluding tert-OH is 1. The van der Waals surface area contributed by atoms with Crippen LogP contribution in [0, 0.1) is 0 Å². The molecule has 2 atom stereocenters. The Kier molecular flexibility index (Phi) is 2.65. The van der Waals surface area contributed by atoms with Gasteiger partial charge in [0.05, 0.1) is 12.1 Å². The summed E-state index contributed by atoms with van der Waals surface area (Å²) in [5.41, 5.74) is 2.43. The summed E-state index contributed by atoms with van der Waals surface area (Å²) in [4.78, 5) is 0. The van der Waals surface area contributed by atoms with Crippen LogP contribution in [0.2, 0.25) is 0 Å². The molecule has 1 aliphatic heterocycles. The van der Waals surface area contributed by atoms with Gasteiger partial charge in [0.1, 0.15) is 0 Å². The molecule has 0 radical (unpaired) electrons. The number of fused-ring (bicyclic) bond motifs is 1. The molecule has 2 aromatic rings.